The Labute approximate surface area is 109 Å². The van der Waals surface area contributed by atoms with E-state index in [1.807, 2.05) is 45.9 Å². The molecule has 3 nitrogen and oxygen atoms in total. The van der Waals surface area contributed by atoms with Crippen molar-refractivity contribution in [3.63, 3.8) is 0 Å². The van der Waals surface area contributed by atoms with Gasteiger partial charge in [-0.25, -0.2) is 9.97 Å². The van der Waals surface area contributed by atoms with Gasteiger partial charge in [-0.15, -0.1) is 0 Å². The third-order valence-corrected chi connectivity index (χ3v) is 2.66. The predicted octanol–water partition coefficient (Wildman–Crippen LogP) is 3.29. The Morgan fingerprint density at radius 1 is 0.944 bits per heavy atom. The predicted molar refractivity (Wildman–Crippen MR) is 76.5 cm³/mol. The summed E-state index contributed by atoms with van der Waals surface area (Å²) in [4.78, 5) is 8.39. The molecule has 3 heteroatoms. The van der Waals surface area contributed by atoms with Crippen molar-refractivity contribution in [2.24, 2.45) is 0 Å². The van der Waals surface area contributed by atoms with Gasteiger partial charge in [0.25, 0.3) is 0 Å². The highest BCUT2D eigenvalue weighted by molar-refractivity contribution is 5.34. The molecule has 0 aliphatic rings. The van der Waals surface area contributed by atoms with E-state index in [-0.39, 0.29) is 0 Å². The molecule has 18 heavy (non-hydrogen) atoms. The molecule has 0 fully saturated rings. The maximum Gasteiger partial charge on any atom is 0.220 e. The third kappa shape index (κ3) is 3.55. The van der Waals surface area contributed by atoms with E-state index >= 15 is 0 Å². The van der Waals surface area contributed by atoms with Crippen LogP contribution in [0.25, 0.3) is 0 Å². The topological polar surface area (TPSA) is 51.8 Å². The molecule has 0 saturated carbocycles. The van der Waals surface area contributed by atoms with Crippen LogP contribution < -0.4 is 5.73 Å². The van der Waals surface area contributed by atoms with E-state index in [2.05, 4.69) is 22.1 Å². The van der Waals surface area contributed by atoms with Gasteiger partial charge in [-0.05, 0) is 25.0 Å². The Hall–Kier alpha value is -1.90. The van der Waals surface area contributed by atoms with Crippen LogP contribution in [0.3, 0.4) is 0 Å². The lowest BCUT2D eigenvalue weighted by atomic mass is 10.0. The monoisotopic (exact) mass is 243 g/mol. The molecule has 0 saturated heterocycles. The molecule has 1 aromatic carbocycles. The number of nitrogens with zero attached hydrogens (tertiary/aromatic N) is 2. The van der Waals surface area contributed by atoms with Gasteiger partial charge in [-0.2, -0.15) is 0 Å². The van der Waals surface area contributed by atoms with Gasteiger partial charge in [0, 0.05) is 17.8 Å². The van der Waals surface area contributed by atoms with Crippen molar-refractivity contribution in [1.82, 2.24) is 9.97 Å². The van der Waals surface area contributed by atoms with E-state index in [0.717, 1.165) is 17.8 Å². The minimum atomic E-state index is 0.354. The Morgan fingerprint density at radius 2 is 1.44 bits per heavy atom. The van der Waals surface area contributed by atoms with Crippen LogP contribution in [0.2, 0.25) is 0 Å². The van der Waals surface area contributed by atoms with Gasteiger partial charge in [0.1, 0.15) is 0 Å². The van der Waals surface area contributed by atoms with Gasteiger partial charge in [-0.1, -0.05) is 44.2 Å². The van der Waals surface area contributed by atoms with Crippen LogP contribution in [0.4, 0.5) is 5.95 Å². The van der Waals surface area contributed by atoms with Crippen molar-refractivity contribution in [3.05, 3.63) is 52.8 Å². The molecular formula is C15H21N3. The van der Waals surface area contributed by atoms with E-state index in [1.165, 1.54) is 11.1 Å². The van der Waals surface area contributed by atoms with Crippen molar-refractivity contribution in [2.75, 3.05) is 5.73 Å². The molecule has 0 unspecified atom stereocenters. The quantitative estimate of drug-likeness (QED) is 0.880. The standard InChI is InChI=1S/C13H15N3.C2H6/c1-9-12(10(2)16-13(14)15-9)8-11-6-4-3-5-7-11;1-2/h3-7H,8H2,1-2H3,(H2,14,15,16);1-2H3. The molecule has 0 aliphatic heterocycles. The minimum Gasteiger partial charge on any atom is -0.368 e. The molecule has 2 rings (SSSR count). The first-order valence-electron chi connectivity index (χ1n) is 6.30. The van der Waals surface area contributed by atoms with Gasteiger partial charge in [0.15, 0.2) is 0 Å². The largest absolute Gasteiger partial charge is 0.368 e. The Bertz CT molecular complexity index is 469. The number of benzene rings is 1. The number of aryl methyl sites for hydroxylation is 2. The Kier molecular flexibility index (Phi) is 5.31. The maximum atomic E-state index is 5.60. The first-order chi connectivity index (χ1) is 8.66. The van der Waals surface area contributed by atoms with Gasteiger partial charge < -0.3 is 5.73 Å². The van der Waals surface area contributed by atoms with Gasteiger partial charge in [0.05, 0.1) is 0 Å². The molecule has 1 heterocycles. The number of hydrogen-bond donors (Lipinski definition) is 1. The van der Waals surface area contributed by atoms with Crippen LogP contribution in [0.15, 0.2) is 30.3 Å². The second-order valence-corrected chi connectivity index (χ2v) is 3.89. The van der Waals surface area contributed by atoms with Crippen LogP contribution in [0.1, 0.15) is 36.4 Å². The fraction of sp³-hybridized carbons (Fsp3) is 0.333. The second-order valence-electron chi connectivity index (χ2n) is 3.89. The van der Waals surface area contributed by atoms with E-state index < -0.39 is 0 Å². The zero-order chi connectivity index (χ0) is 13.5. The van der Waals surface area contributed by atoms with Crippen LogP contribution in [0.5, 0.6) is 0 Å². The van der Waals surface area contributed by atoms with Gasteiger partial charge in [0.2, 0.25) is 5.95 Å². The van der Waals surface area contributed by atoms with Gasteiger partial charge >= 0.3 is 0 Å². The van der Waals surface area contributed by atoms with Crippen molar-refractivity contribution < 1.29 is 0 Å². The van der Waals surface area contributed by atoms with Crippen LogP contribution in [0, 0.1) is 13.8 Å². The van der Waals surface area contributed by atoms with Crippen molar-refractivity contribution in [1.29, 1.82) is 0 Å². The average Bonchev–Trinajstić information content (AvgIpc) is 2.37. The molecule has 96 valence electrons. The molecule has 0 radical (unpaired) electrons. The molecule has 1 aromatic heterocycles. The fourth-order valence-corrected chi connectivity index (χ4v) is 1.82. The molecule has 0 amide bonds. The van der Waals surface area contributed by atoms with Crippen LogP contribution in [-0.2, 0) is 6.42 Å². The van der Waals surface area contributed by atoms with E-state index in [4.69, 9.17) is 5.73 Å². The zero-order valence-corrected chi connectivity index (χ0v) is 11.6. The molecular weight excluding hydrogens is 222 g/mol. The van der Waals surface area contributed by atoms with Crippen LogP contribution >= 0.6 is 0 Å². The molecule has 0 spiro atoms. The molecule has 0 bridgehead atoms. The lowest BCUT2D eigenvalue weighted by Gasteiger charge is -2.09. The number of anilines is 1. The highest BCUT2D eigenvalue weighted by atomic mass is 15.0. The molecule has 0 aliphatic carbocycles. The third-order valence-electron chi connectivity index (χ3n) is 2.66. The normalized spacial score (nSPS) is 9.56. The summed E-state index contributed by atoms with van der Waals surface area (Å²) in [6.45, 7) is 7.95. The highest BCUT2D eigenvalue weighted by Gasteiger charge is 2.07. The minimum absolute atomic E-state index is 0.354. The van der Waals surface area contributed by atoms with Crippen molar-refractivity contribution >= 4 is 5.95 Å². The number of rotatable bonds is 2. The fourth-order valence-electron chi connectivity index (χ4n) is 1.82. The van der Waals surface area contributed by atoms with Gasteiger partial charge in [-0.3, -0.25) is 0 Å². The Balaban J connectivity index is 0.000000771. The summed E-state index contributed by atoms with van der Waals surface area (Å²) >= 11 is 0. The zero-order valence-electron chi connectivity index (χ0n) is 11.6. The summed E-state index contributed by atoms with van der Waals surface area (Å²) in [5, 5.41) is 0. The lowest BCUT2D eigenvalue weighted by molar-refractivity contribution is 0.984. The summed E-state index contributed by atoms with van der Waals surface area (Å²) < 4.78 is 0. The molecule has 0 atom stereocenters. The molecule has 2 aromatic rings. The number of nitrogens with two attached hydrogens (primary N) is 1. The lowest BCUT2D eigenvalue weighted by Crippen LogP contribution is -2.05. The maximum absolute atomic E-state index is 5.60. The van der Waals surface area contributed by atoms with E-state index in [9.17, 15) is 0 Å². The average molecular weight is 243 g/mol. The SMILES string of the molecule is CC.Cc1nc(N)nc(C)c1Cc1ccccc1. The summed E-state index contributed by atoms with van der Waals surface area (Å²) in [6.07, 6.45) is 0.860. The van der Waals surface area contributed by atoms with E-state index in [0.29, 0.717) is 5.95 Å². The van der Waals surface area contributed by atoms with Crippen LogP contribution in [-0.4, -0.2) is 9.97 Å². The number of nitrogen functional groups attached to an aromatic ring is 1. The van der Waals surface area contributed by atoms with E-state index in [1.54, 1.807) is 0 Å². The number of aromatic nitrogens is 2. The first-order valence-corrected chi connectivity index (χ1v) is 6.30. The second kappa shape index (κ2) is 6.74. The van der Waals surface area contributed by atoms with Crippen molar-refractivity contribution in [3.8, 4) is 0 Å². The summed E-state index contributed by atoms with van der Waals surface area (Å²) in [5.41, 5.74) is 9.97. The smallest absolute Gasteiger partial charge is 0.220 e. The number of hydrogen-bond acceptors (Lipinski definition) is 3. The summed E-state index contributed by atoms with van der Waals surface area (Å²) in [5.74, 6) is 0.354. The Morgan fingerprint density at radius 3 is 1.94 bits per heavy atom. The van der Waals surface area contributed by atoms with Crippen molar-refractivity contribution in [2.45, 2.75) is 34.1 Å². The highest BCUT2D eigenvalue weighted by Crippen LogP contribution is 2.15. The summed E-state index contributed by atoms with van der Waals surface area (Å²) in [7, 11) is 0. The summed E-state index contributed by atoms with van der Waals surface area (Å²) in [6, 6.07) is 10.3. The molecule has 2 N–H and O–H groups in total. The first kappa shape index (κ1) is 14.2.